The minimum atomic E-state index is -1.32. The van der Waals surface area contributed by atoms with Gasteiger partial charge in [0.05, 0.1) is 0 Å². The van der Waals surface area contributed by atoms with Gasteiger partial charge in [-0.05, 0) is 0 Å². The molecule has 10 heteroatoms. The maximum Gasteiger partial charge on any atom is 0.303 e. The summed E-state index contributed by atoms with van der Waals surface area (Å²) in [4.78, 5) is 58.4. The van der Waals surface area contributed by atoms with E-state index in [-0.39, 0.29) is 6.61 Å². The summed E-state index contributed by atoms with van der Waals surface area (Å²) in [6.45, 7) is 3.11. The molecule has 136 valence electrons. The summed E-state index contributed by atoms with van der Waals surface area (Å²) in [5.41, 5.74) is 0. The Bertz CT molecular complexity index is 623. The Hall–Kier alpha value is -2.75. The molecule has 0 aromatic heterocycles. The molecule has 25 heavy (non-hydrogen) atoms. The van der Waals surface area contributed by atoms with Gasteiger partial charge in [0.15, 0.2) is 18.4 Å². The smallest absolute Gasteiger partial charge is 0.303 e. The van der Waals surface area contributed by atoms with Crippen molar-refractivity contribution in [3.05, 3.63) is 12.2 Å². The first-order chi connectivity index (χ1) is 11.7. The lowest BCUT2D eigenvalue weighted by molar-refractivity contribution is -0.172. The van der Waals surface area contributed by atoms with Crippen LogP contribution in [0.25, 0.3) is 0 Å². The zero-order chi connectivity index (χ0) is 18.7. The Balaban J connectivity index is 2.31. The molecule has 0 N–H and O–H groups in total. The van der Waals surface area contributed by atoms with Gasteiger partial charge in [0.2, 0.25) is 0 Å². The summed E-state index contributed by atoms with van der Waals surface area (Å²) < 4.78 is 20.7. The molecule has 1 saturated heterocycles. The van der Waals surface area contributed by atoms with Gasteiger partial charge in [-0.1, -0.05) is 0 Å². The maximum absolute atomic E-state index is 11.9. The molecule has 10 nitrogen and oxygen atoms in total. The lowest BCUT2D eigenvalue weighted by Gasteiger charge is -2.27. The van der Waals surface area contributed by atoms with E-state index in [4.69, 9.17) is 18.9 Å². The van der Waals surface area contributed by atoms with E-state index in [0.717, 1.165) is 30.9 Å². The molecule has 0 aliphatic carbocycles. The van der Waals surface area contributed by atoms with Crippen LogP contribution in [0.1, 0.15) is 20.8 Å². The highest BCUT2D eigenvalue weighted by Gasteiger charge is 2.54. The van der Waals surface area contributed by atoms with Crippen LogP contribution in [0, 0.1) is 0 Å². The van der Waals surface area contributed by atoms with Gasteiger partial charge in [-0.3, -0.25) is 24.0 Å². The molecule has 0 radical (unpaired) electrons. The van der Waals surface area contributed by atoms with Crippen molar-refractivity contribution >= 4 is 29.7 Å². The molecule has 2 aliphatic rings. The second kappa shape index (κ2) is 7.43. The molecular formula is C15H17NO9. The SMILES string of the molecule is CC(=O)OC[C@H]1O[C@@H](N2C(=O)C=CC2=O)[C@@H](OC(C)=O)[C@H]1OC(C)=O. The summed E-state index contributed by atoms with van der Waals surface area (Å²) in [5, 5.41) is 0. The number of carbonyl (C=O) groups excluding carboxylic acids is 5. The quantitative estimate of drug-likeness (QED) is 0.349. The minimum absolute atomic E-state index is 0.314. The van der Waals surface area contributed by atoms with Crippen LogP contribution in [-0.4, -0.2) is 65.8 Å². The van der Waals surface area contributed by atoms with Crippen molar-refractivity contribution in [1.29, 1.82) is 0 Å². The van der Waals surface area contributed by atoms with Crippen molar-refractivity contribution in [2.75, 3.05) is 6.61 Å². The number of hydrogen-bond acceptors (Lipinski definition) is 9. The average Bonchev–Trinajstić information content (AvgIpc) is 2.97. The van der Waals surface area contributed by atoms with Gasteiger partial charge in [0.25, 0.3) is 11.8 Å². The van der Waals surface area contributed by atoms with Gasteiger partial charge >= 0.3 is 17.9 Å². The van der Waals surface area contributed by atoms with Crippen molar-refractivity contribution in [3.8, 4) is 0 Å². The van der Waals surface area contributed by atoms with E-state index in [9.17, 15) is 24.0 Å². The second-order valence-electron chi connectivity index (χ2n) is 5.40. The Morgan fingerprint density at radius 3 is 1.96 bits per heavy atom. The van der Waals surface area contributed by atoms with Gasteiger partial charge in [0.1, 0.15) is 12.7 Å². The fraction of sp³-hybridized carbons (Fsp3) is 0.533. The zero-order valence-corrected chi connectivity index (χ0v) is 13.8. The van der Waals surface area contributed by atoms with Crippen LogP contribution in [-0.2, 0) is 42.9 Å². The van der Waals surface area contributed by atoms with Gasteiger partial charge in [0, 0.05) is 32.9 Å². The summed E-state index contributed by atoms with van der Waals surface area (Å²) in [7, 11) is 0. The Labute approximate surface area is 142 Å². The molecule has 1 fully saturated rings. The number of ether oxygens (including phenoxy) is 4. The van der Waals surface area contributed by atoms with Crippen LogP contribution in [0.4, 0.5) is 0 Å². The van der Waals surface area contributed by atoms with Gasteiger partial charge in [-0.25, -0.2) is 4.90 Å². The molecular weight excluding hydrogens is 338 g/mol. The number of amides is 2. The summed E-state index contributed by atoms with van der Waals surface area (Å²) in [6, 6.07) is 0. The van der Waals surface area contributed by atoms with E-state index in [1.54, 1.807) is 0 Å². The Morgan fingerprint density at radius 1 is 0.960 bits per heavy atom. The van der Waals surface area contributed by atoms with E-state index in [1.165, 1.54) is 6.92 Å². The highest BCUT2D eigenvalue weighted by atomic mass is 16.7. The number of imide groups is 1. The fourth-order valence-corrected chi connectivity index (χ4v) is 2.56. The van der Waals surface area contributed by atoms with Gasteiger partial charge < -0.3 is 18.9 Å². The number of hydrogen-bond donors (Lipinski definition) is 0. The van der Waals surface area contributed by atoms with E-state index >= 15 is 0 Å². The van der Waals surface area contributed by atoms with E-state index in [1.807, 2.05) is 0 Å². The van der Waals surface area contributed by atoms with Crippen LogP contribution in [0.3, 0.4) is 0 Å². The number of carbonyl (C=O) groups is 5. The summed E-state index contributed by atoms with van der Waals surface area (Å²) in [6.07, 6.45) is -2.68. The molecule has 0 spiro atoms. The third-order valence-electron chi connectivity index (χ3n) is 3.44. The number of esters is 3. The third-order valence-corrected chi connectivity index (χ3v) is 3.44. The normalized spacial score (nSPS) is 28.2. The van der Waals surface area contributed by atoms with Crippen LogP contribution >= 0.6 is 0 Å². The molecule has 0 aromatic carbocycles. The second-order valence-corrected chi connectivity index (χ2v) is 5.40. The molecule has 2 amide bonds. The van der Waals surface area contributed by atoms with Crippen LogP contribution in [0.5, 0.6) is 0 Å². The van der Waals surface area contributed by atoms with Crippen molar-refractivity contribution in [1.82, 2.24) is 4.90 Å². The Morgan fingerprint density at radius 2 is 1.48 bits per heavy atom. The average molecular weight is 355 g/mol. The van der Waals surface area contributed by atoms with Gasteiger partial charge in [-0.2, -0.15) is 0 Å². The lowest BCUT2D eigenvalue weighted by Crippen LogP contribution is -2.49. The molecule has 2 aliphatic heterocycles. The van der Waals surface area contributed by atoms with Crippen LogP contribution in [0.15, 0.2) is 12.2 Å². The van der Waals surface area contributed by atoms with Crippen LogP contribution < -0.4 is 0 Å². The van der Waals surface area contributed by atoms with Gasteiger partial charge in [-0.15, -0.1) is 0 Å². The molecule has 0 saturated carbocycles. The van der Waals surface area contributed by atoms with Crippen molar-refractivity contribution < 1.29 is 42.9 Å². The molecule has 0 unspecified atom stereocenters. The van der Waals surface area contributed by atoms with E-state index in [0.29, 0.717) is 0 Å². The molecule has 0 aromatic rings. The third kappa shape index (κ3) is 4.21. The highest BCUT2D eigenvalue weighted by molar-refractivity contribution is 6.13. The summed E-state index contributed by atoms with van der Waals surface area (Å²) in [5.74, 6) is -3.36. The van der Waals surface area contributed by atoms with Crippen molar-refractivity contribution in [2.45, 2.75) is 45.3 Å². The fourth-order valence-electron chi connectivity index (χ4n) is 2.56. The minimum Gasteiger partial charge on any atom is -0.463 e. The highest BCUT2D eigenvalue weighted by Crippen LogP contribution is 2.31. The Kier molecular flexibility index (Phi) is 5.52. The van der Waals surface area contributed by atoms with E-state index < -0.39 is 54.3 Å². The topological polar surface area (TPSA) is 126 Å². The van der Waals surface area contributed by atoms with Crippen molar-refractivity contribution in [2.24, 2.45) is 0 Å². The lowest BCUT2D eigenvalue weighted by atomic mass is 10.1. The predicted molar refractivity (Wildman–Crippen MR) is 77.4 cm³/mol. The zero-order valence-electron chi connectivity index (χ0n) is 13.8. The molecule has 2 heterocycles. The molecule has 0 bridgehead atoms. The largest absolute Gasteiger partial charge is 0.463 e. The first kappa shape index (κ1) is 18.6. The first-order valence-corrected chi connectivity index (χ1v) is 7.39. The summed E-state index contributed by atoms with van der Waals surface area (Å²) >= 11 is 0. The molecule has 2 rings (SSSR count). The van der Waals surface area contributed by atoms with Crippen LogP contribution in [0.2, 0.25) is 0 Å². The number of rotatable bonds is 5. The predicted octanol–water partition coefficient (Wildman–Crippen LogP) is -0.937. The van der Waals surface area contributed by atoms with Crippen molar-refractivity contribution in [3.63, 3.8) is 0 Å². The number of nitrogens with zero attached hydrogens (tertiary/aromatic N) is 1. The maximum atomic E-state index is 11.9. The molecule has 4 atom stereocenters. The van der Waals surface area contributed by atoms with E-state index in [2.05, 4.69) is 0 Å². The standard InChI is InChI=1S/C15H17NO9/c1-7(17)22-6-10-13(23-8(2)18)14(24-9(3)19)15(25-10)16-11(20)4-5-12(16)21/h4-5,10,13-15H,6H2,1-3H3/t10-,13+,14+,15-/m1/s1. The first-order valence-electron chi connectivity index (χ1n) is 7.39. The monoisotopic (exact) mass is 355 g/mol.